The topological polar surface area (TPSA) is 131 Å². The maximum Gasteiger partial charge on any atom is 0.242 e. The monoisotopic (exact) mass is 511 g/mol. The first kappa shape index (κ1) is 26.2. The smallest absolute Gasteiger partial charge is 0.242 e. The highest BCUT2D eigenvalue weighted by Gasteiger charge is 2.45. The Kier molecular flexibility index (Phi) is 8.76. The SMILES string of the molecule is N#CCC1CCN(C2NC3CNNC(=O)C3C(Nc3ccc(N4CCCN(CCO)CC4)cc3)N2)CC1. The summed E-state index contributed by atoms with van der Waals surface area (Å²) in [7, 11) is 0. The summed E-state index contributed by atoms with van der Waals surface area (Å²) in [6.07, 6.45) is 3.51. The minimum absolute atomic E-state index is 0.00701. The van der Waals surface area contributed by atoms with Gasteiger partial charge in [-0.15, -0.1) is 0 Å². The van der Waals surface area contributed by atoms with Crippen LogP contribution in [0.4, 0.5) is 11.4 Å². The van der Waals surface area contributed by atoms with Crippen molar-refractivity contribution in [1.29, 1.82) is 5.26 Å². The number of aliphatic hydroxyl groups is 1. The fourth-order valence-electron chi connectivity index (χ4n) is 6.14. The van der Waals surface area contributed by atoms with E-state index in [1.54, 1.807) is 0 Å². The fourth-order valence-corrected chi connectivity index (χ4v) is 6.14. The van der Waals surface area contributed by atoms with Crippen molar-refractivity contribution in [1.82, 2.24) is 31.3 Å². The van der Waals surface area contributed by atoms with Gasteiger partial charge in [-0.2, -0.15) is 5.26 Å². The zero-order chi connectivity index (χ0) is 25.6. The summed E-state index contributed by atoms with van der Waals surface area (Å²) in [6, 6.07) is 10.8. The van der Waals surface area contributed by atoms with E-state index >= 15 is 0 Å². The number of piperidine rings is 1. The molecule has 1 aromatic rings. The minimum atomic E-state index is -0.253. The van der Waals surface area contributed by atoms with Crippen molar-refractivity contribution in [2.75, 3.05) is 69.2 Å². The summed E-state index contributed by atoms with van der Waals surface area (Å²) in [5.74, 6) is 0.207. The number of nitriles is 1. The van der Waals surface area contributed by atoms with E-state index in [0.717, 1.165) is 70.8 Å². The van der Waals surface area contributed by atoms with Crippen LogP contribution < -0.4 is 31.7 Å². The second kappa shape index (κ2) is 12.4. The van der Waals surface area contributed by atoms with Gasteiger partial charge in [-0.3, -0.25) is 30.7 Å². The largest absolute Gasteiger partial charge is 0.395 e. The maximum absolute atomic E-state index is 12.8. The highest BCUT2D eigenvalue weighted by Crippen LogP contribution is 2.26. The predicted molar refractivity (Wildman–Crippen MR) is 142 cm³/mol. The van der Waals surface area contributed by atoms with Crippen molar-refractivity contribution in [3.63, 3.8) is 0 Å². The number of likely N-dealkylation sites (tertiary alicyclic amines) is 1. The average molecular weight is 512 g/mol. The second-order valence-corrected chi connectivity index (χ2v) is 10.7. The number of anilines is 2. The van der Waals surface area contributed by atoms with Gasteiger partial charge < -0.3 is 15.3 Å². The van der Waals surface area contributed by atoms with Gasteiger partial charge in [0.2, 0.25) is 5.91 Å². The molecular formula is C26H41N9O2. The molecule has 6 N–H and O–H groups in total. The molecule has 4 saturated heterocycles. The number of nitrogens with one attached hydrogen (secondary N) is 5. The number of carbonyl (C=O) groups is 1. The molecule has 0 aliphatic carbocycles. The van der Waals surface area contributed by atoms with Gasteiger partial charge in [-0.05, 0) is 56.0 Å². The van der Waals surface area contributed by atoms with E-state index in [-0.39, 0.29) is 36.9 Å². The van der Waals surface area contributed by atoms with Crippen LogP contribution in [0, 0.1) is 23.2 Å². The lowest BCUT2D eigenvalue weighted by molar-refractivity contribution is -0.132. The van der Waals surface area contributed by atoms with Gasteiger partial charge in [0, 0.05) is 69.7 Å². The third kappa shape index (κ3) is 6.34. The highest BCUT2D eigenvalue weighted by molar-refractivity contribution is 5.81. The Hall–Kier alpha value is -2.46. The normalized spacial score (nSPS) is 30.2. The van der Waals surface area contributed by atoms with E-state index in [9.17, 15) is 9.90 Å². The summed E-state index contributed by atoms with van der Waals surface area (Å²) in [6.45, 7) is 7.42. The van der Waals surface area contributed by atoms with Crippen LogP contribution in [-0.4, -0.2) is 98.3 Å². The van der Waals surface area contributed by atoms with E-state index < -0.39 is 0 Å². The van der Waals surface area contributed by atoms with Gasteiger partial charge >= 0.3 is 0 Å². The number of amides is 1. The van der Waals surface area contributed by atoms with Gasteiger partial charge in [-0.1, -0.05) is 0 Å². The summed E-state index contributed by atoms with van der Waals surface area (Å²) in [5, 5.41) is 29.2. The van der Waals surface area contributed by atoms with Crippen LogP contribution >= 0.6 is 0 Å². The number of fused-ring (bicyclic) bond motifs is 1. The van der Waals surface area contributed by atoms with E-state index in [2.05, 4.69) is 71.8 Å². The van der Waals surface area contributed by atoms with Crippen LogP contribution in [0.1, 0.15) is 25.7 Å². The number of rotatable bonds is 7. The van der Waals surface area contributed by atoms with Gasteiger partial charge in [-0.25, -0.2) is 5.43 Å². The van der Waals surface area contributed by atoms with Crippen molar-refractivity contribution in [3.05, 3.63) is 24.3 Å². The minimum Gasteiger partial charge on any atom is -0.395 e. The maximum atomic E-state index is 12.8. The molecule has 11 nitrogen and oxygen atoms in total. The lowest BCUT2D eigenvalue weighted by Crippen LogP contribution is -2.77. The molecule has 0 saturated carbocycles. The molecule has 0 bridgehead atoms. The number of β-amino-alcohol motifs (C(OH)–C–C–N with tert-alkyl or cyclic N) is 1. The Bertz CT molecular complexity index is 931. The van der Waals surface area contributed by atoms with E-state index in [0.29, 0.717) is 18.9 Å². The molecule has 37 heavy (non-hydrogen) atoms. The molecule has 1 amide bonds. The van der Waals surface area contributed by atoms with Crippen LogP contribution in [0.3, 0.4) is 0 Å². The summed E-state index contributed by atoms with van der Waals surface area (Å²) < 4.78 is 0. The van der Waals surface area contributed by atoms with Crippen molar-refractivity contribution in [2.24, 2.45) is 11.8 Å². The molecule has 202 valence electrons. The van der Waals surface area contributed by atoms with Crippen LogP contribution in [0.2, 0.25) is 0 Å². The molecule has 5 rings (SSSR count). The van der Waals surface area contributed by atoms with Gasteiger partial charge in [0.25, 0.3) is 0 Å². The van der Waals surface area contributed by atoms with Crippen molar-refractivity contribution in [2.45, 2.75) is 44.2 Å². The van der Waals surface area contributed by atoms with Gasteiger partial charge in [0.15, 0.2) is 0 Å². The quantitative estimate of drug-likeness (QED) is 0.289. The van der Waals surface area contributed by atoms with Crippen LogP contribution in [0.5, 0.6) is 0 Å². The highest BCUT2D eigenvalue weighted by atomic mass is 16.3. The number of carbonyl (C=O) groups excluding carboxylic acids is 1. The molecule has 0 aromatic heterocycles. The first-order valence-corrected chi connectivity index (χ1v) is 13.7. The third-order valence-electron chi connectivity index (χ3n) is 8.29. The summed E-state index contributed by atoms with van der Waals surface area (Å²) in [4.78, 5) is 20.0. The summed E-state index contributed by atoms with van der Waals surface area (Å²) >= 11 is 0. The molecule has 0 spiro atoms. The zero-order valence-corrected chi connectivity index (χ0v) is 21.5. The molecule has 11 heteroatoms. The standard InChI is InChI=1S/C26H41N9O2/c27-9-6-19-7-12-35(13-8-19)26-30-22-18-28-32-25(37)23(22)24(31-26)29-20-2-4-21(5-3-20)34-11-1-10-33(14-15-34)16-17-36/h2-5,19,22-24,26,28-31,36H,1,6-8,10-18H2,(H,32,37). The molecule has 0 radical (unpaired) electrons. The first-order valence-electron chi connectivity index (χ1n) is 13.7. The Morgan fingerprint density at radius 3 is 2.62 bits per heavy atom. The fraction of sp³-hybridized carbons (Fsp3) is 0.692. The number of aliphatic hydroxyl groups excluding tert-OH is 1. The predicted octanol–water partition coefficient (Wildman–Crippen LogP) is -0.350. The van der Waals surface area contributed by atoms with Crippen molar-refractivity contribution in [3.8, 4) is 6.07 Å². The molecule has 1 aromatic carbocycles. The Labute approximate surface area is 219 Å². The van der Waals surface area contributed by atoms with Crippen LogP contribution in [0.25, 0.3) is 0 Å². The molecule has 4 atom stereocenters. The van der Waals surface area contributed by atoms with Gasteiger partial charge in [0.1, 0.15) is 6.29 Å². The molecule has 4 fully saturated rings. The van der Waals surface area contributed by atoms with E-state index in [1.165, 1.54) is 5.69 Å². The van der Waals surface area contributed by atoms with Gasteiger partial charge in [0.05, 0.1) is 24.8 Å². The number of benzene rings is 1. The molecule has 4 aliphatic rings. The number of hydrazine groups is 1. The van der Waals surface area contributed by atoms with Crippen molar-refractivity contribution < 1.29 is 9.90 Å². The Morgan fingerprint density at radius 2 is 1.86 bits per heavy atom. The summed E-state index contributed by atoms with van der Waals surface area (Å²) in [5.41, 5.74) is 8.01. The second-order valence-electron chi connectivity index (χ2n) is 10.7. The van der Waals surface area contributed by atoms with E-state index in [4.69, 9.17) is 5.26 Å². The molecule has 4 unspecified atom stereocenters. The Balaban J connectivity index is 1.23. The Morgan fingerprint density at radius 1 is 1.05 bits per heavy atom. The molecule has 4 heterocycles. The van der Waals surface area contributed by atoms with Crippen LogP contribution in [-0.2, 0) is 4.79 Å². The molecular weight excluding hydrogens is 470 g/mol. The zero-order valence-electron chi connectivity index (χ0n) is 21.5. The first-order chi connectivity index (χ1) is 18.1. The average Bonchev–Trinajstić information content (AvgIpc) is 3.16. The van der Waals surface area contributed by atoms with Crippen LogP contribution in [0.15, 0.2) is 24.3 Å². The van der Waals surface area contributed by atoms with E-state index in [1.807, 2.05) is 0 Å². The lowest BCUT2D eigenvalue weighted by atomic mass is 9.90. The number of nitrogens with zero attached hydrogens (tertiary/aromatic N) is 4. The lowest BCUT2D eigenvalue weighted by Gasteiger charge is -2.49. The van der Waals surface area contributed by atoms with Crippen molar-refractivity contribution >= 4 is 17.3 Å². The number of hydrogen-bond donors (Lipinski definition) is 6. The molecule has 4 aliphatic heterocycles. The third-order valence-corrected chi connectivity index (χ3v) is 8.29. The number of hydrogen-bond acceptors (Lipinski definition) is 10.